The molecule has 0 aliphatic rings. The van der Waals surface area contributed by atoms with E-state index in [4.69, 9.17) is 19.3 Å². The van der Waals surface area contributed by atoms with E-state index in [1.807, 2.05) is 0 Å². The van der Waals surface area contributed by atoms with Crippen LogP contribution in [0.3, 0.4) is 0 Å². The van der Waals surface area contributed by atoms with Crippen LogP contribution in [0.4, 0.5) is 0 Å². The number of hydrogen-bond acceptors (Lipinski definition) is 6. The van der Waals surface area contributed by atoms with Crippen LogP contribution in [0.5, 0.6) is 0 Å². The van der Waals surface area contributed by atoms with Crippen LogP contribution >= 0.6 is 7.82 Å². The Morgan fingerprint density at radius 2 is 1.12 bits per heavy atom. The van der Waals surface area contributed by atoms with Crippen molar-refractivity contribution < 1.29 is 37.9 Å². The molecule has 2 N–H and O–H groups in total. The van der Waals surface area contributed by atoms with E-state index in [0.717, 1.165) is 44.9 Å². The van der Waals surface area contributed by atoms with Crippen LogP contribution in [0.15, 0.2) is 0 Å². The molecule has 0 rings (SSSR count). The van der Waals surface area contributed by atoms with Gasteiger partial charge in [0.1, 0.15) is 6.61 Å². The third kappa shape index (κ3) is 22.3. The summed E-state index contributed by atoms with van der Waals surface area (Å²) in [6, 6.07) is 0. The normalized spacial score (nSPS) is 12.5. The summed E-state index contributed by atoms with van der Waals surface area (Å²) in [5.74, 6) is -0.907. The fraction of sp³-hybridized carbons (Fsp3) is 0.913. The van der Waals surface area contributed by atoms with E-state index in [9.17, 15) is 14.2 Å². The number of phosphoric acid groups is 1. The Morgan fingerprint density at radius 3 is 1.62 bits per heavy atom. The molecule has 1 unspecified atom stereocenters. The number of carbonyl (C=O) groups excluding carboxylic acids is 2. The van der Waals surface area contributed by atoms with Crippen molar-refractivity contribution in [3.8, 4) is 0 Å². The van der Waals surface area contributed by atoms with Gasteiger partial charge in [-0.15, -0.1) is 0 Å². The number of unbranched alkanes of at least 4 members (excludes halogenated alkanes) is 12. The minimum atomic E-state index is -4.71. The Bertz CT molecular complexity index is 520. The second kappa shape index (κ2) is 20.6. The van der Waals surface area contributed by atoms with Crippen LogP contribution in [-0.2, 0) is 28.2 Å². The quantitative estimate of drug-likeness (QED) is 0.113. The van der Waals surface area contributed by atoms with Gasteiger partial charge in [-0.25, -0.2) is 4.57 Å². The Hall–Kier alpha value is -0.950. The molecule has 190 valence electrons. The standard InChI is InChI=1S/C23H45O8P/c1-3-5-7-9-10-11-12-13-14-16-18-23(25)31-21(20-30-32(26,27)28)19-29-22(24)17-15-8-6-4-2/h21H,3-20H2,1-2H3,(H2,26,27,28). The summed E-state index contributed by atoms with van der Waals surface area (Å²) in [5, 5.41) is 0. The first-order valence-electron chi connectivity index (χ1n) is 12.3. The highest BCUT2D eigenvalue weighted by molar-refractivity contribution is 7.46. The zero-order chi connectivity index (χ0) is 24.1. The maximum atomic E-state index is 12.1. The third-order valence-electron chi connectivity index (χ3n) is 5.13. The number of esters is 2. The van der Waals surface area contributed by atoms with Crippen LogP contribution in [0.2, 0.25) is 0 Å². The monoisotopic (exact) mass is 480 g/mol. The molecule has 0 aliphatic carbocycles. The van der Waals surface area contributed by atoms with Gasteiger partial charge in [-0.1, -0.05) is 90.9 Å². The first-order chi connectivity index (χ1) is 15.3. The lowest BCUT2D eigenvalue weighted by molar-refractivity contribution is -0.161. The summed E-state index contributed by atoms with van der Waals surface area (Å²) in [5.41, 5.74) is 0. The van der Waals surface area contributed by atoms with E-state index in [0.29, 0.717) is 6.42 Å². The average Bonchev–Trinajstić information content (AvgIpc) is 2.74. The predicted octanol–water partition coefficient (Wildman–Crippen LogP) is 5.83. The van der Waals surface area contributed by atoms with E-state index in [2.05, 4.69) is 18.4 Å². The van der Waals surface area contributed by atoms with Gasteiger partial charge in [0.15, 0.2) is 6.10 Å². The molecule has 0 bridgehead atoms. The smallest absolute Gasteiger partial charge is 0.462 e. The van der Waals surface area contributed by atoms with Gasteiger partial charge in [0.05, 0.1) is 6.61 Å². The van der Waals surface area contributed by atoms with Crippen molar-refractivity contribution in [2.75, 3.05) is 13.2 Å². The average molecular weight is 481 g/mol. The molecule has 0 radical (unpaired) electrons. The molecule has 1 atom stereocenters. The Kier molecular flexibility index (Phi) is 20.0. The molecule has 0 aliphatic heterocycles. The van der Waals surface area contributed by atoms with Crippen molar-refractivity contribution in [1.29, 1.82) is 0 Å². The van der Waals surface area contributed by atoms with Crippen LogP contribution in [0, 0.1) is 0 Å². The molecule has 0 aromatic rings. The SMILES string of the molecule is CCCCCCCCCCCCC(=O)OC(COC(=O)CCCCCC)COP(=O)(O)O. The molecule has 9 heteroatoms. The molecule has 8 nitrogen and oxygen atoms in total. The van der Waals surface area contributed by atoms with E-state index in [-0.39, 0.29) is 19.4 Å². The predicted molar refractivity (Wildman–Crippen MR) is 124 cm³/mol. The molecule has 0 aromatic carbocycles. The molecule has 0 saturated carbocycles. The van der Waals surface area contributed by atoms with Crippen molar-refractivity contribution in [3.05, 3.63) is 0 Å². The first-order valence-corrected chi connectivity index (χ1v) is 13.9. The molecule has 32 heavy (non-hydrogen) atoms. The molecule has 0 heterocycles. The topological polar surface area (TPSA) is 119 Å². The fourth-order valence-corrected chi connectivity index (χ4v) is 3.61. The lowest BCUT2D eigenvalue weighted by Gasteiger charge is -2.18. The van der Waals surface area contributed by atoms with Crippen LogP contribution in [-0.4, -0.2) is 41.0 Å². The van der Waals surface area contributed by atoms with Gasteiger partial charge >= 0.3 is 19.8 Å². The fourth-order valence-electron chi connectivity index (χ4n) is 3.25. The van der Waals surface area contributed by atoms with Crippen molar-refractivity contribution in [3.63, 3.8) is 0 Å². The van der Waals surface area contributed by atoms with Crippen molar-refractivity contribution in [2.45, 2.75) is 123 Å². The molecule has 0 saturated heterocycles. The van der Waals surface area contributed by atoms with Crippen molar-refractivity contribution in [2.24, 2.45) is 0 Å². The summed E-state index contributed by atoms with van der Waals surface area (Å²) in [6.45, 7) is 3.47. The molecule has 0 spiro atoms. The van der Waals surface area contributed by atoms with Crippen LogP contribution < -0.4 is 0 Å². The molecule has 0 fully saturated rings. The number of rotatable bonds is 22. The zero-order valence-corrected chi connectivity index (χ0v) is 21.0. The van der Waals surface area contributed by atoms with Gasteiger partial charge in [-0.3, -0.25) is 14.1 Å². The molecular formula is C23H45O8P. The number of phosphoric ester groups is 1. The highest BCUT2D eigenvalue weighted by atomic mass is 31.2. The van der Waals surface area contributed by atoms with Gasteiger partial charge in [0, 0.05) is 12.8 Å². The highest BCUT2D eigenvalue weighted by Crippen LogP contribution is 2.35. The largest absolute Gasteiger partial charge is 0.469 e. The number of ether oxygens (including phenoxy) is 2. The summed E-state index contributed by atoms with van der Waals surface area (Å²) < 4.78 is 25.7. The summed E-state index contributed by atoms with van der Waals surface area (Å²) >= 11 is 0. The van der Waals surface area contributed by atoms with Gasteiger partial charge in [0.25, 0.3) is 0 Å². The van der Waals surface area contributed by atoms with Gasteiger partial charge in [-0.05, 0) is 12.8 Å². The van der Waals surface area contributed by atoms with E-state index >= 15 is 0 Å². The minimum absolute atomic E-state index is 0.216. The summed E-state index contributed by atoms with van der Waals surface area (Å²) in [6.07, 6.45) is 14.7. The Morgan fingerprint density at radius 1 is 0.688 bits per heavy atom. The first kappa shape index (κ1) is 31.0. The van der Waals surface area contributed by atoms with Gasteiger partial charge < -0.3 is 19.3 Å². The molecular weight excluding hydrogens is 435 g/mol. The molecule has 0 amide bonds. The summed E-state index contributed by atoms with van der Waals surface area (Å²) in [7, 11) is -4.71. The zero-order valence-electron chi connectivity index (χ0n) is 20.1. The second-order valence-corrected chi connectivity index (χ2v) is 9.56. The van der Waals surface area contributed by atoms with E-state index < -0.39 is 32.5 Å². The number of carbonyl (C=O) groups is 2. The maximum absolute atomic E-state index is 12.1. The van der Waals surface area contributed by atoms with E-state index in [1.54, 1.807) is 0 Å². The van der Waals surface area contributed by atoms with Crippen LogP contribution in [0.25, 0.3) is 0 Å². The van der Waals surface area contributed by atoms with Gasteiger partial charge in [-0.2, -0.15) is 0 Å². The maximum Gasteiger partial charge on any atom is 0.469 e. The lowest BCUT2D eigenvalue weighted by Crippen LogP contribution is -2.29. The Balaban J connectivity index is 4.10. The van der Waals surface area contributed by atoms with E-state index in [1.165, 1.54) is 38.5 Å². The summed E-state index contributed by atoms with van der Waals surface area (Å²) in [4.78, 5) is 41.7. The minimum Gasteiger partial charge on any atom is -0.462 e. The molecule has 0 aromatic heterocycles. The van der Waals surface area contributed by atoms with Gasteiger partial charge in [0.2, 0.25) is 0 Å². The van der Waals surface area contributed by atoms with Crippen molar-refractivity contribution in [1.82, 2.24) is 0 Å². The lowest BCUT2D eigenvalue weighted by atomic mass is 10.1. The second-order valence-electron chi connectivity index (χ2n) is 8.32. The van der Waals surface area contributed by atoms with Crippen molar-refractivity contribution >= 4 is 19.8 Å². The highest BCUT2D eigenvalue weighted by Gasteiger charge is 2.22. The Labute approximate surface area is 194 Å². The number of hydrogen-bond donors (Lipinski definition) is 2. The van der Waals surface area contributed by atoms with Crippen LogP contribution in [0.1, 0.15) is 117 Å². The third-order valence-corrected chi connectivity index (χ3v) is 5.61.